The predicted octanol–water partition coefficient (Wildman–Crippen LogP) is 10.2. The Hall–Kier alpha value is -6.89. The number of hydrogen-bond donors (Lipinski definition) is 3. The number of ether oxygens (including phenoxy) is 3. The summed E-state index contributed by atoms with van der Waals surface area (Å²) in [6.07, 6.45) is 2.76. The molecule has 11 heteroatoms. The van der Waals surface area contributed by atoms with Crippen molar-refractivity contribution in [3.05, 3.63) is 216 Å². The van der Waals surface area contributed by atoms with Crippen LogP contribution in [0.25, 0.3) is 11.2 Å². The van der Waals surface area contributed by atoms with Crippen LogP contribution in [0.1, 0.15) is 79.1 Å². The molecule has 0 radical (unpaired) electrons. The van der Waals surface area contributed by atoms with E-state index in [-0.39, 0.29) is 0 Å². The van der Waals surface area contributed by atoms with E-state index in [1.807, 2.05) is 114 Å². The number of benzene rings is 6. The van der Waals surface area contributed by atoms with Gasteiger partial charge in [0.2, 0.25) is 0 Å². The Morgan fingerprint density at radius 3 is 1.55 bits per heavy atom. The van der Waals surface area contributed by atoms with Gasteiger partial charge in [0.05, 0.1) is 38.1 Å². The summed E-state index contributed by atoms with van der Waals surface area (Å²) in [5, 5.41) is 30.7. The number of rotatable bonds is 20. The molecule has 1 saturated heterocycles. The lowest BCUT2D eigenvalue weighted by Crippen LogP contribution is -2.57. The van der Waals surface area contributed by atoms with Crippen molar-refractivity contribution in [1.29, 1.82) is 0 Å². The van der Waals surface area contributed by atoms with Crippen molar-refractivity contribution >= 4 is 17.0 Å². The van der Waals surface area contributed by atoms with Crippen LogP contribution >= 0.6 is 0 Å². The van der Waals surface area contributed by atoms with E-state index < -0.39 is 41.5 Å². The van der Waals surface area contributed by atoms with Gasteiger partial charge in [-0.2, -0.15) is 0 Å². The van der Waals surface area contributed by atoms with Gasteiger partial charge in [-0.15, -0.1) is 0 Å². The van der Waals surface area contributed by atoms with Crippen molar-refractivity contribution < 1.29 is 24.4 Å². The second kappa shape index (κ2) is 21.2. The minimum absolute atomic E-state index is 0.469. The van der Waals surface area contributed by atoms with Crippen LogP contribution in [0.5, 0.6) is 11.5 Å². The first kappa shape index (κ1) is 47.2. The van der Waals surface area contributed by atoms with Gasteiger partial charge in [0, 0.05) is 0 Å². The summed E-state index contributed by atoms with van der Waals surface area (Å²) < 4.78 is 20.3. The molecule has 1 fully saturated rings. The molecule has 0 amide bonds. The summed E-state index contributed by atoms with van der Waals surface area (Å²) in [6.45, 7) is 5.79. The number of imidazole rings is 1. The lowest BCUT2D eigenvalue weighted by Gasteiger charge is -2.45. The van der Waals surface area contributed by atoms with Crippen LogP contribution in [0.4, 0.5) is 5.82 Å². The zero-order chi connectivity index (χ0) is 47.8. The SMILES string of the molecule is CCCCN(CCCC)C1[C@@H](C(O)C(c2ccccc2)(c2ccccc2)c2ccc(OC)cc2)O[C@@H](n2cnc3c(NC(c4ccccc4)(c4ccccc4)c4ccc(OC)cc4)ncnc32)[C@@H]1O. The summed E-state index contributed by atoms with van der Waals surface area (Å²) in [5.41, 5.74) is 4.42. The fourth-order valence-corrected chi connectivity index (χ4v) is 10.5. The molecule has 0 bridgehead atoms. The molecule has 3 N–H and O–H groups in total. The number of unbranched alkanes of at least 4 members (excludes halogenated alkanes) is 2. The van der Waals surface area contributed by atoms with E-state index in [9.17, 15) is 10.2 Å². The largest absolute Gasteiger partial charge is 0.497 e. The molecule has 0 aliphatic carbocycles. The Kier molecular flexibility index (Phi) is 14.5. The molecule has 6 aromatic carbocycles. The first-order chi connectivity index (χ1) is 33.9. The number of methoxy groups -OCH3 is 2. The number of aromatic nitrogens is 4. The first-order valence-corrected chi connectivity index (χ1v) is 24.1. The molecule has 2 unspecified atom stereocenters. The quantitative estimate of drug-likeness (QED) is 0.0636. The van der Waals surface area contributed by atoms with Crippen LogP contribution in [0.2, 0.25) is 0 Å². The summed E-state index contributed by atoms with van der Waals surface area (Å²) >= 11 is 0. The van der Waals surface area contributed by atoms with Crippen molar-refractivity contribution in [2.75, 3.05) is 32.6 Å². The van der Waals surface area contributed by atoms with E-state index in [2.05, 4.69) is 84.7 Å². The molecular formula is C58H62N6O5. The minimum atomic E-state index is -1.21. The van der Waals surface area contributed by atoms with E-state index in [0.717, 1.165) is 77.9 Å². The van der Waals surface area contributed by atoms with E-state index in [1.54, 1.807) is 20.5 Å². The summed E-state index contributed by atoms with van der Waals surface area (Å²) in [4.78, 5) is 17.1. The Morgan fingerprint density at radius 1 is 0.623 bits per heavy atom. The monoisotopic (exact) mass is 922 g/mol. The average molecular weight is 923 g/mol. The number of aliphatic hydroxyl groups excluding tert-OH is 2. The minimum Gasteiger partial charge on any atom is -0.497 e. The highest BCUT2D eigenvalue weighted by atomic mass is 16.5. The molecule has 1 aliphatic rings. The van der Waals surface area contributed by atoms with Gasteiger partial charge in [0.15, 0.2) is 23.2 Å². The molecule has 0 saturated carbocycles. The van der Waals surface area contributed by atoms with E-state index in [0.29, 0.717) is 22.7 Å². The normalized spacial score (nSPS) is 17.8. The molecule has 8 aromatic rings. The molecule has 9 rings (SSSR count). The van der Waals surface area contributed by atoms with Gasteiger partial charge in [-0.05, 0) is 83.6 Å². The molecule has 5 atom stereocenters. The molecule has 1 aliphatic heterocycles. The highest BCUT2D eigenvalue weighted by molar-refractivity contribution is 5.84. The average Bonchev–Trinajstić information content (AvgIpc) is 4.00. The summed E-state index contributed by atoms with van der Waals surface area (Å²) in [7, 11) is 3.32. The third kappa shape index (κ3) is 8.87. The number of hydrogen-bond acceptors (Lipinski definition) is 10. The van der Waals surface area contributed by atoms with Gasteiger partial charge in [0.25, 0.3) is 0 Å². The zero-order valence-corrected chi connectivity index (χ0v) is 39.8. The summed E-state index contributed by atoms with van der Waals surface area (Å²) in [6, 6.07) is 56.2. The lowest BCUT2D eigenvalue weighted by atomic mass is 9.63. The van der Waals surface area contributed by atoms with Gasteiger partial charge < -0.3 is 29.7 Å². The van der Waals surface area contributed by atoms with Crippen LogP contribution in [-0.4, -0.2) is 86.3 Å². The Morgan fingerprint density at radius 2 is 1.07 bits per heavy atom. The van der Waals surface area contributed by atoms with Crippen molar-refractivity contribution in [2.24, 2.45) is 0 Å². The smallest absolute Gasteiger partial charge is 0.167 e. The molecule has 0 spiro atoms. The zero-order valence-electron chi connectivity index (χ0n) is 39.8. The number of aliphatic hydroxyl groups is 2. The topological polar surface area (TPSA) is 127 Å². The number of anilines is 1. The highest BCUT2D eigenvalue weighted by Gasteiger charge is 2.57. The van der Waals surface area contributed by atoms with E-state index >= 15 is 0 Å². The molecular weight excluding hydrogens is 861 g/mol. The molecule has 3 heterocycles. The third-order valence-corrected chi connectivity index (χ3v) is 13.9. The number of nitrogens with zero attached hydrogens (tertiary/aromatic N) is 5. The maximum absolute atomic E-state index is 13.7. The molecule has 69 heavy (non-hydrogen) atoms. The molecule has 354 valence electrons. The Balaban J connectivity index is 1.20. The third-order valence-electron chi connectivity index (χ3n) is 13.9. The molecule has 2 aromatic heterocycles. The fraction of sp³-hybridized carbons (Fsp3) is 0.293. The summed E-state index contributed by atoms with van der Waals surface area (Å²) in [5.74, 6) is 1.93. The van der Waals surface area contributed by atoms with Crippen molar-refractivity contribution in [3.8, 4) is 11.5 Å². The van der Waals surface area contributed by atoms with E-state index in [1.165, 1.54) is 6.33 Å². The van der Waals surface area contributed by atoms with Crippen LogP contribution < -0.4 is 14.8 Å². The fourth-order valence-electron chi connectivity index (χ4n) is 10.5. The van der Waals surface area contributed by atoms with Crippen molar-refractivity contribution in [3.63, 3.8) is 0 Å². The Labute approximate surface area is 405 Å². The standard InChI is InChI=1S/C58H62N6O5/c1-5-7-37-63(38-8-6-2)50-51(65)56(69-52(50)53(66)57(41-21-13-9-14-22-41,42-23-15-10-16-24-42)43-29-33-47(67-3)34-30-43)64-40-61-49-54(59-39-60-55(49)64)62-58(44-25-17-11-18-26-44,45-27-19-12-20-28-45)46-31-35-48(68-4)36-32-46/h9-36,39-40,50-53,56,65-66H,5-8,37-38H2,1-4H3,(H,59,60,62)/t50?,51-,52+,53?,56-/m1/s1. The van der Waals surface area contributed by atoms with Crippen LogP contribution in [0, 0.1) is 0 Å². The first-order valence-electron chi connectivity index (χ1n) is 24.1. The van der Waals surface area contributed by atoms with Gasteiger partial charge in [-0.25, -0.2) is 15.0 Å². The van der Waals surface area contributed by atoms with Crippen LogP contribution in [-0.2, 0) is 15.7 Å². The van der Waals surface area contributed by atoms with Gasteiger partial charge in [-0.3, -0.25) is 9.47 Å². The van der Waals surface area contributed by atoms with Crippen molar-refractivity contribution in [2.45, 2.75) is 81.1 Å². The maximum Gasteiger partial charge on any atom is 0.167 e. The van der Waals surface area contributed by atoms with Crippen LogP contribution in [0.3, 0.4) is 0 Å². The van der Waals surface area contributed by atoms with Gasteiger partial charge in [0.1, 0.15) is 35.6 Å². The Bertz CT molecular complexity index is 2760. The number of nitrogens with one attached hydrogen (secondary N) is 1. The van der Waals surface area contributed by atoms with Gasteiger partial charge in [-0.1, -0.05) is 172 Å². The maximum atomic E-state index is 13.7. The molecule has 11 nitrogen and oxygen atoms in total. The highest BCUT2D eigenvalue weighted by Crippen LogP contribution is 2.49. The van der Waals surface area contributed by atoms with Gasteiger partial charge >= 0.3 is 0 Å². The van der Waals surface area contributed by atoms with Crippen LogP contribution in [0.15, 0.2) is 183 Å². The van der Waals surface area contributed by atoms with E-state index in [4.69, 9.17) is 29.2 Å². The second-order valence-corrected chi connectivity index (χ2v) is 17.8. The van der Waals surface area contributed by atoms with Crippen molar-refractivity contribution in [1.82, 2.24) is 24.4 Å². The number of fused-ring (bicyclic) bond motifs is 1. The predicted molar refractivity (Wildman–Crippen MR) is 272 cm³/mol. The lowest BCUT2D eigenvalue weighted by molar-refractivity contribution is -0.0925. The second-order valence-electron chi connectivity index (χ2n) is 17.8.